The Hall–Kier alpha value is -1.33. The predicted octanol–water partition coefficient (Wildman–Crippen LogP) is 1.96. The van der Waals surface area contributed by atoms with Gasteiger partial charge in [-0.05, 0) is 18.2 Å². The average molecular weight is 229 g/mol. The highest BCUT2D eigenvalue weighted by Crippen LogP contribution is 2.17. The van der Waals surface area contributed by atoms with Gasteiger partial charge in [-0.15, -0.1) is 0 Å². The van der Waals surface area contributed by atoms with E-state index in [9.17, 15) is 4.79 Å². The number of thiazole rings is 1. The Kier molecular flexibility index (Phi) is 2.26. The van der Waals surface area contributed by atoms with Crippen LogP contribution in [0.25, 0.3) is 10.2 Å². The van der Waals surface area contributed by atoms with Gasteiger partial charge < -0.3 is 10.2 Å². The Morgan fingerprint density at radius 3 is 3.07 bits per heavy atom. The van der Waals surface area contributed by atoms with Crippen LogP contribution in [0, 0.1) is 0 Å². The average Bonchev–Trinajstić information content (AvgIpc) is 2.55. The number of nitrogens with zero attached hydrogens (tertiary/aromatic N) is 1. The molecule has 0 amide bonds. The van der Waals surface area contributed by atoms with Crippen LogP contribution >= 0.6 is 22.9 Å². The molecule has 0 unspecified atom stereocenters. The first-order valence-corrected chi connectivity index (χ1v) is 4.91. The summed E-state index contributed by atoms with van der Waals surface area (Å²) in [4.78, 5) is 13.5. The number of oxime groups is 1. The fourth-order valence-corrected chi connectivity index (χ4v) is 2.02. The Morgan fingerprint density at radius 1 is 1.57 bits per heavy atom. The third-order valence-electron chi connectivity index (χ3n) is 1.75. The molecule has 0 aliphatic rings. The van der Waals surface area contributed by atoms with Crippen LogP contribution in [-0.4, -0.2) is 15.4 Å². The molecule has 0 aliphatic heterocycles. The molecular formula is C8H5ClN2O2S. The summed E-state index contributed by atoms with van der Waals surface area (Å²) in [6, 6.07) is 5.09. The Labute approximate surface area is 87.4 Å². The molecule has 14 heavy (non-hydrogen) atoms. The molecular weight excluding hydrogens is 224 g/mol. The van der Waals surface area contributed by atoms with Gasteiger partial charge in [0.05, 0.1) is 10.2 Å². The monoisotopic (exact) mass is 228 g/mol. The number of fused-ring (bicyclic) bond motifs is 1. The van der Waals surface area contributed by atoms with Crippen molar-refractivity contribution in [3.8, 4) is 0 Å². The Bertz CT molecular complexity index is 558. The maximum atomic E-state index is 11.0. The van der Waals surface area contributed by atoms with Gasteiger partial charge in [0.15, 0.2) is 5.17 Å². The van der Waals surface area contributed by atoms with E-state index < -0.39 is 0 Å². The zero-order chi connectivity index (χ0) is 10.1. The molecule has 0 fully saturated rings. The fraction of sp³-hybridized carbons (Fsp3) is 0. The van der Waals surface area contributed by atoms with Crippen molar-refractivity contribution in [2.24, 2.45) is 5.16 Å². The molecule has 4 nitrogen and oxygen atoms in total. The van der Waals surface area contributed by atoms with Gasteiger partial charge in [-0.25, -0.2) is 0 Å². The molecule has 0 bridgehead atoms. The van der Waals surface area contributed by atoms with E-state index in [1.165, 1.54) is 0 Å². The van der Waals surface area contributed by atoms with E-state index in [-0.39, 0.29) is 10.0 Å². The molecule has 2 rings (SSSR count). The minimum absolute atomic E-state index is 0.00717. The zero-order valence-corrected chi connectivity index (χ0v) is 8.39. The highest BCUT2D eigenvalue weighted by atomic mass is 35.5. The third kappa shape index (κ3) is 1.51. The number of halogens is 1. The Morgan fingerprint density at radius 2 is 2.36 bits per heavy atom. The van der Waals surface area contributed by atoms with E-state index in [2.05, 4.69) is 10.1 Å². The van der Waals surface area contributed by atoms with E-state index in [4.69, 9.17) is 16.8 Å². The standard InChI is InChI=1S/C8H5ClN2O2S/c9-7(11-13)4-1-2-5-6(3-4)14-8(12)10-5/h1-3,13H,(H,10,12)/b11-7+. The molecule has 0 spiro atoms. The van der Waals surface area contributed by atoms with E-state index in [0.29, 0.717) is 5.56 Å². The van der Waals surface area contributed by atoms with E-state index in [1.807, 2.05) is 0 Å². The molecule has 0 saturated heterocycles. The number of aromatic nitrogens is 1. The molecule has 0 aliphatic carbocycles. The van der Waals surface area contributed by atoms with Gasteiger partial charge >= 0.3 is 4.87 Å². The summed E-state index contributed by atoms with van der Waals surface area (Å²) >= 11 is 6.70. The van der Waals surface area contributed by atoms with E-state index in [0.717, 1.165) is 21.6 Å². The van der Waals surface area contributed by atoms with E-state index >= 15 is 0 Å². The zero-order valence-electron chi connectivity index (χ0n) is 6.82. The lowest BCUT2D eigenvalue weighted by atomic mass is 10.2. The molecule has 2 N–H and O–H groups in total. The predicted molar refractivity (Wildman–Crippen MR) is 56.6 cm³/mol. The van der Waals surface area contributed by atoms with Crippen molar-refractivity contribution in [3.05, 3.63) is 33.4 Å². The molecule has 72 valence electrons. The summed E-state index contributed by atoms with van der Waals surface area (Å²) in [5, 5.41) is 11.3. The third-order valence-corrected chi connectivity index (χ3v) is 2.89. The number of benzene rings is 1. The number of H-pyrrole nitrogens is 1. The largest absolute Gasteiger partial charge is 0.410 e. The number of nitrogens with one attached hydrogen (secondary N) is 1. The van der Waals surface area contributed by atoms with E-state index in [1.54, 1.807) is 18.2 Å². The Balaban J connectivity index is 2.67. The highest BCUT2D eigenvalue weighted by Gasteiger charge is 2.04. The SMILES string of the molecule is O=c1[nH]c2ccc(/C(Cl)=N\O)cc2s1. The molecule has 1 aromatic carbocycles. The van der Waals surface area contributed by atoms with Crippen LogP contribution in [0.2, 0.25) is 0 Å². The number of rotatable bonds is 1. The molecule has 0 saturated carbocycles. The van der Waals surface area contributed by atoms with Crippen LogP contribution in [-0.2, 0) is 0 Å². The second kappa shape index (κ2) is 3.43. The quantitative estimate of drug-likeness (QED) is 0.445. The van der Waals surface area contributed by atoms with Crippen molar-refractivity contribution >= 4 is 38.3 Å². The first-order chi connectivity index (χ1) is 6.70. The van der Waals surface area contributed by atoms with Crippen LogP contribution in [0.1, 0.15) is 5.56 Å². The topological polar surface area (TPSA) is 65.5 Å². The van der Waals surface area contributed by atoms with Crippen molar-refractivity contribution in [2.45, 2.75) is 0 Å². The van der Waals surface area contributed by atoms with Crippen molar-refractivity contribution in [1.29, 1.82) is 0 Å². The van der Waals surface area contributed by atoms with Gasteiger partial charge in [0.25, 0.3) is 0 Å². The van der Waals surface area contributed by atoms with Gasteiger partial charge in [-0.3, -0.25) is 4.79 Å². The molecule has 2 aromatic rings. The van der Waals surface area contributed by atoms with Crippen LogP contribution in [0.15, 0.2) is 28.1 Å². The van der Waals surface area contributed by atoms with Crippen LogP contribution in [0.4, 0.5) is 0 Å². The van der Waals surface area contributed by atoms with Crippen molar-refractivity contribution in [1.82, 2.24) is 4.98 Å². The van der Waals surface area contributed by atoms with Crippen LogP contribution in [0.3, 0.4) is 0 Å². The fourth-order valence-electron chi connectivity index (χ4n) is 1.13. The molecule has 1 heterocycles. The summed E-state index contributed by atoms with van der Waals surface area (Å²) in [7, 11) is 0. The van der Waals surface area contributed by atoms with Crippen LogP contribution in [0.5, 0.6) is 0 Å². The smallest absolute Gasteiger partial charge is 0.305 e. The highest BCUT2D eigenvalue weighted by molar-refractivity contribution is 7.16. The lowest BCUT2D eigenvalue weighted by molar-refractivity contribution is 0.321. The number of aromatic amines is 1. The van der Waals surface area contributed by atoms with Gasteiger partial charge in [0, 0.05) is 5.56 Å². The number of hydrogen-bond donors (Lipinski definition) is 2. The lowest BCUT2D eigenvalue weighted by Gasteiger charge is -1.95. The van der Waals surface area contributed by atoms with Gasteiger partial charge in [-0.2, -0.15) is 0 Å². The molecule has 6 heteroatoms. The second-order valence-electron chi connectivity index (χ2n) is 2.62. The summed E-state index contributed by atoms with van der Waals surface area (Å²) in [5.74, 6) is 0. The van der Waals surface area contributed by atoms with Gasteiger partial charge in [0.1, 0.15) is 0 Å². The maximum Gasteiger partial charge on any atom is 0.305 e. The first kappa shape index (κ1) is 9.23. The second-order valence-corrected chi connectivity index (χ2v) is 3.99. The van der Waals surface area contributed by atoms with Crippen molar-refractivity contribution < 1.29 is 5.21 Å². The minimum Gasteiger partial charge on any atom is -0.410 e. The summed E-state index contributed by atoms with van der Waals surface area (Å²) in [6.07, 6.45) is 0. The summed E-state index contributed by atoms with van der Waals surface area (Å²) in [6.45, 7) is 0. The van der Waals surface area contributed by atoms with Gasteiger partial charge in [0.2, 0.25) is 0 Å². The summed E-state index contributed by atoms with van der Waals surface area (Å²) < 4.78 is 0.786. The van der Waals surface area contributed by atoms with Crippen LogP contribution < -0.4 is 4.87 Å². The lowest BCUT2D eigenvalue weighted by Crippen LogP contribution is -1.90. The van der Waals surface area contributed by atoms with Gasteiger partial charge in [-0.1, -0.05) is 28.1 Å². The molecule has 0 radical (unpaired) electrons. The first-order valence-electron chi connectivity index (χ1n) is 3.71. The number of hydrogen-bond acceptors (Lipinski definition) is 4. The normalized spacial score (nSPS) is 12.2. The maximum absolute atomic E-state index is 11.0. The minimum atomic E-state index is -0.116. The summed E-state index contributed by atoms with van der Waals surface area (Å²) in [5.41, 5.74) is 1.34. The van der Waals surface area contributed by atoms with Crippen molar-refractivity contribution in [3.63, 3.8) is 0 Å². The molecule has 1 aromatic heterocycles. The van der Waals surface area contributed by atoms with Crippen molar-refractivity contribution in [2.75, 3.05) is 0 Å². The molecule has 0 atom stereocenters.